The summed E-state index contributed by atoms with van der Waals surface area (Å²) in [6.45, 7) is 0. The summed E-state index contributed by atoms with van der Waals surface area (Å²) in [6.07, 6.45) is 0. The topological polar surface area (TPSA) is 18.5 Å². The molecule has 0 spiro atoms. The summed E-state index contributed by atoms with van der Waals surface area (Å²) >= 11 is 13.3. The van der Waals surface area contributed by atoms with Crippen molar-refractivity contribution >= 4 is 43.5 Å². The largest absolute Gasteiger partial charge is 0.495 e. The number of hydrogen-bond acceptors (Lipinski definition) is 2. The molecule has 1 unspecified atom stereocenters. The van der Waals surface area contributed by atoms with Gasteiger partial charge in [-0.05, 0) is 45.8 Å². The lowest BCUT2D eigenvalue weighted by Gasteiger charge is -2.18. The van der Waals surface area contributed by atoms with Crippen LogP contribution in [0.25, 0.3) is 0 Å². The molecule has 0 aliphatic rings. The van der Waals surface area contributed by atoms with Crippen molar-refractivity contribution in [3.05, 3.63) is 56.2 Å². The number of hydrogen-bond donors (Lipinski definition) is 0. The van der Waals surface area contributed by atoms with E-state index in [1.165, 1.54) is 12.1 Å². The van der Waals surface area contributed by atoms with Crippen molar-refractivity contribution in [2.75, 3.05) is 14.2 Å². The predicted molar refractivity (Wildman–Crippen MR) is 89.0 cm³/mol. The van der Waals surface area contributed by atoms with Crippen molar-refractivity contribution in [3.63, 3.8) is 0 Å². The van der Waals surface area contributed by atoms with Crippen LogP contribution in [0.2, 0.25) is 0 Å². The summed E-state index contributed by atoms with van der Waals surface area (Å²) in [5.41, 5.74) is 1.52. The molecular formula is C15H12Br2ClFO2. The first kappa shape index (κ1) is 16.6. The minimum atomic E-state index is -0.489. The summed E-state index contributed by atoms with van der Waals surface area (Å²) < 4.78 is 25.2. The summed E-state index contributed by atoms with van der Waals surface area (Å²) in [4.78, 5) is 0. The van der Waals surface area contributed by atoms with Gasteiger partial charge in [-0.25, -0.2) is 4.39 Å². The van der Waals surface area contributed by atoms with Gasteiger partial charge in [0.05, 0.1) is 19.6 Å². The van der Waals surface area contributed by atoms with E-state index in [1.54, 1.807) is 26.4 Å². The summed E-state index contributed by atoms with van der Waals surface area (Å²) in [5.74, 6) is 0.917. The van der Waals surface area contributed by atoms with Gasteiger partial charge in [0.1, 0.15) is 21.8 Å². The van der Waals surface area contributed by atoms with Crippen molar-refractivity contribution in [2.24, 2.45) is 0 Å². The Bertz CT molecular complexity index is 664. The number of rotatable bonds is 4. The lowest BCUT2D eigenvalue weighted by atomic mass is 10.0. The highest BCUT2D eigenvalue weighted by molar-refractivity contribution is 9.11. The van der Waals surface area contributed by atoms with Gasteiger partial charge >= 0.3 is 0 Å². The molecule has 0 fully saturated rings. The molecule has 0 aliphatic heterocycles. The maximum Gasteiger partial charge on any atom is 0.141 e. The van der Waals surface area contributed by atoms with E-state index in [-0.39, 0.29) is 5.82 Å². The Labute approximate surface area is 144 Å². The highest BCUT2D eigenvalue weighted by atomic mass is 79.9. The maximum atomic E-state index is 13.2. The fourth-order valence-corrected chi connectivity index (χ4v) is 3.75. The molecule has 112 valence electrons. The van der Waals surface area contributed by atoms with Crippen LogP contribution in [0.15, 0.2) is 39.3 Å². The number of methoxy groups -OCH3 is 2. The van der Waals surface area contributed by atoms with E-state index in [4.69, 9.17) is 21.1 Å². The van der Waals surface area contributed by atoms with E-state index in [1.807, 2.05) is 6.07 Å². The molecule has 21 heavy (non-hydrogen) atoms. The van der Waals surface area contributed by atoms with Crippen LogP contribution >= 0.6 is 43.5 Å². The summed E-state index contributed by atoms with van der Waals surface area (Å²) in [7, 11) is 3.14. The lowest BCUT2D eigenvalue weighted by Crippen LogP contribution is -2.00. The van der Waals surface area contributed by atoms with E-state index >= 15 is 0 Å². The number of alkyl halides is 1. The molecular weight excluding hydrogens is 426 g/mol. The molecule has 0 radical (unpaired) electrons. The van der Waals surface area contributed by atoms with Crippen LogP contribution in [0, 0.1) is 5.82 Å². The SMILES string of the molecule is COc1ccc(C(Cl)c2ccc(F)cc2Br)c(OC)c1Br. The molecule has 0 aromatic heterocycles. The van der Waals surface area contributed by atoms with Gasteiger partial charge in [-0.2, -0.15) is 0 Å². The summed E-state index contributed by atoms with van der Waals surface area (Å²) in [5, 5.41) is -0.489. The van der Waals surface area contributed by atoms with Crippen LogP contribution in [0.4, 0.5) is 4.39 Å². The standard InChI is InChI=1S/C15H12Br2ClFO2/c1-20-12-6-5-10(15(21-2)13(12)17)14(18)9-4-3-8(19)7-11(9)16/h3-7,14H,1-2H3. The van der Waals surface area contributed by atoms with Gasteiger partial charge in [-0.15, -0.1) is 11.6 Å². The fourth-order valence-electron chi connectivity index (χ4n) is 1.99. The quantitative estimate of drug-likeness (QED) is 0.571. The van der Waals surface area contributed by atoms with Crippen molar-refractivity contribution in [2.45, 2.75) is 5.38 Å². The van der Waals surface area contributed by atoms with Crippen LogP contribution in [-0.2, 0) is 0 Å². The molecule has 0 aliphatic carbocycles. The molecule has 0 amide bonds. The minimum Gasteiger partial charge on any atom is -0.495 e. The average Bonchev–Trinajstić information content (AvgIpc) is 2.46. The highest BCUT2D eigenvalue weighted by Crippen LogP contribution is 2.44. The molecule has 0 heterocycles. The highest BCUT2D eigenvalue weighted by Gasteiger charge is 2.22. The van der Waals surface area contributed by atoms with Gasteiger partial charge in [-0.3, -0.25) is 0 Å². The zero-order valence-electron chi connectivity index (χ0n) is 11.3. The zero-order valence-corrected chi connectivity index (χ0v) is 15.2. The van der Waals surface area contributed by atoms with Crippen molar-refractivity contribution in [1.82, 2.24) is 0 Å². The Balaban J connectivity index is 2.52. The van der Waals surface area contributed by atoms with E-state index in [2.05, 4.69) is 31.9 Å². The van der Waals surface area contributed by atoms with Crippen LogP contribution in [-0.4, -0.2) is 14.2 Å². The number of halogens is 4. The maximum absolute atomic E-state index is 13.2. The second kappa shape index (κ2) is 6.99. The molecule has 0 saturated heterocycles. The second-order valence-electron chi connectivity index (χ2n) is 4.23. The third-order valence-corrected chi connectivity index (χ3v) is 4.93. The van der Waals surface area contributed by atoms with Gasteiger partial charge in [0.25, 0.3) is 0 Å². The van der Waals surface area contributed by atoms with Gasteiger partial charge in [0.2, 0.25) is 0 Å². The Kier molecular flexibility index (Phi) is 5.52. The fraction of sp³-hybridized carbons (Fsp3) is 0.200. The molecule has 2 nitrogen and oxygen atoms in total. The van der Waals surface area contributed by atoms with E-state index in [0.717, 1.165) is 11.1 Å². The van der Waals surface area contributed by atoms with Crippen LogP contribution < -0.4 is 9.47 Å². The van der Waals surface area contributed by atoms with Gasteiger partial charge in [0, 0.05) is 10.0 Å². The molecule has 1 atom stereocenters. The van der Waals surface area contributed by atoms with Crippen LogP contribution in [0.5, 0.6) is 11.5 Å². The van der Waals surface area contributed by atoms with Crippen LogP contribution in [0.1, 0.15) is 16.5 Å². The lowest BCUT2D eigenvalue weighted by molar-refractivity contribution is 0.386. The first-order chi connectivity index (χ1) is 9.99. The molecule has 2 rings (SSSR count). The molecule has 6 heteroatoms. The van der Waals surface area contributed by atoms with Crippen molar-refractivity contribution < 1.29 is 13.9 Å². The van der Waals surface area contributed by atoms with E-state index < -0.39 is 5.38 Å². The Morgan fingerprint density at radius 3 is 2.29 bits per heavy atom. The smallest absolute Gasteiger partial charge is 0.141 e. The molecule has 2 aromatic carbocycles. The van der Waals surface area contributed by atoms with Crippen molar-refractivity contribution in [3.8, 4) is 11.5 Å². The number of benzene rings is 2. The van der Waals surface area contributed by atoms with Crippen molar-refractivity contribution in [1.29, 1.82) is 0 Å². The molecule has 2 aromatic rings. The average molecular weight is 439 g/mol. The van der Waals surface area contributed by atoms with Gasteiger partial charge < -0.3 is 9.47 Å². The Morgan fingerprint density at radius 1 is 1.05 bits per heavy atom. The van der Waals surface area contributed by atoms with Crippen LogP contribution in [0.3, 0.4) is 0 Å². The normalized spacial score (nSPS) is 12.1. The van der Waals surface area contributed by atoms with E-state index in [9.17, 15) is 4.39 Å². The monoisotopic (exact) mass is 436 g/mol. The molecule has 0 saturated carbocycles. The predicted octanol–water partition coefficient (Wildman–Crippen LogP) is 5.70. The minimum absolute atomic E-state index is 0.322. The third kappa shape index (κ3) is 3.35. The van der Waals surface area contributed by atoms with Gasteiger partial charge in [0.15, 0.2) is 0 Å². The first-order valence-electron chi connectivity index (χ1n) is 5.99. The Morgan fingerprint density at radius 2 is 1.71 bits per heavy atom. The second-order valence-corrected chi connectivity index (χ2v) is 6.32. The van der Waals surface area contributed by atoms with E-state index in [0.29, 0.717) is 20.4 Å². The number of ether oxygens (including phenoxy) is 2. The molecule has 0 bridgehead atoms. The first-order valence-corrected chi connectivity index (χ1v) is 8.01. The third-order valence-electron chi connectivity index (χ3n) is 3.02. The van der Waals surface area contributed by atoms with Gasteiger partial charge in [-0.1, -0.05) is 22.0 Å². The zero-order chi connectivity index (χ0) is 15.6. The Hall–Kier alpha value is -0.780. The summed E-state index contributed by atoms with van der Waals surface area (Å²) in [6, 6.07) is 8.04. The molecule has 0 N–H and O–H groups in total.